The number of benzene rings is 1. The zero-order valence-electron chi connectivity index (χ0n) is 9.87. The van der Waals surface area contributed by atoms with E-state index in [0.29, 0.717) is 11.4 Å². The van der Waals surface area contributed by atoms with Crippen molar-refractivity contribution in [2.45, 2.75) is 13.0 Å². The van der Waals surface area contributed by atoms with Crippen LogP contribution < -0.4 is 0 Å². The molecule has 1 N–H and O–H groups in total. The van der Waals surface area contributed by atoms with Crippen molar-refractivity contribution in [2.24, 2.45) is 5.92 Å². The molecule has 0 amide bonds. The number of aromatic nitrogens is 2. The molecule has 1 unspecified atom stereocenters. The highest BCUT2D eigenvalue weighted by molar-refractivity contribution is 6.00. The summed E-state index contributed by atoms with van der Waals surface area (Å²) in [6, 6.07) is 5.25. The maximum Gasteiger partial charge on any atom is 0.337 e. The van der Waals surface area contributed by atoms with Crippen LogP contribution in [-0.2, 0) is 11.3 Å². The van der Waals surface area contributed by atoms with E-state index < -0.39 is 5.97 Å². The molecule has 3 rings (SSSR count). The normalized spacial score (nSPS) is 19.4. The number of para-hydroxylation sites is 1. The number of aromatic carboxylic acids is 1. The number of rotatable bonds is 3. The molecular weight excluding hydrogens is 232 g/mol. The summed E-state index contributed by atoms with van der Waals surface area (Å²) in [5, 5.41) is 9.11. The van der Waals surface area contributed by atoms with Gasteiger partial charge in [0.15, 0.2) is 0 Å². The summed E-state index contributed by atoms with van der Waals surface area (Å²) in [7, 11) is 0. The highest BCUT2D eigenvalue weighted by atomic mass is 16.5. The van der Waals surface area contributed by atoms with Gasteiger partial charge in [-0.15, -0.1) is 0 Å². The number of hydrogen-bond acceptors (Lipinski definition) is 3. The Labute approximate surface area is 104 Å². The number of imidazole rings is 1. The molecule has 2 aromatic rings. The molecule has 0 bridgehead atoms. The van der Waals surface area contributed by atoms with Gasteiger partial charge in [-0.25, -0.2) is 9.78 Å². The second-order valence-corrected chi connectivity index (χ2v) is 4.61. The molecule has 1 saturated heterocycles. The van der Waals surface area contributed by atoms with Gasteiger partial charge < -0.3 is 14.4 Å². The average molecular weight is 246 g/mol. The third kappa shape index (κ3) is 1.86. The summed E-state index contributed by atoms with van der Waals surface area (Å²) >= 11 is 0. The first-order valence-electron chi connectivity index (χ1n) is 6.00. The second kappa shape index (κ2) is 4.42. The minimum Gasteiger partial charge on any atom is -0.478 e. The van der Waals surface area contributed by atoms with Gasteiger partial charge in [0.05, 0.1) is 24.0 Å². The number of carbonyl (C=O) groups is 1. The minimum atomic E-state index is -0.935. The molecular formula is C13H14N2O3. The van der Waals surface area contributed by atoms with Crippen molar-refractivity contribution in [1.82, 2.24) is 9.55 Å². The van der Waals surface area contributed by atoms with Gasteiger partial charge in [0.2, 0.25) is 0 Å². The number of carboxylic acids is 1. The van der Waals surface area contributed by atoms with Gasteiger partial charge in [0.25, 0.3) is 0 Å². The molecule has 94 valence electrons. The van der Waals surface area contributed by atoms with Gasteiger partial charge in [-0.2, -0.15) is 0 Å². The number of fused-ring (bicyclic) bond motifs is 1. The van der Waals surface area contributed by atoms with E-state index in [1.54, 1.807) is 18.5 Å². The van der Waals surface area contributed by atoms with Crippen LogP contribution in [0.3, 0.4) is 0 Å². The third-order valence-electron chi connectivity index (χ3n) is 3.36. The van der Waals surface area contributed by atoms with Gasteiger partial charge in [0.1, 0.15) is 5.52 Å². The molecule has 0 saturated carbocycles. The fourth-order valence-electron chi connectivity index (χ4n) is 2.41. The van der Waals surface area contributed by atoms with Crippen molar-refractivity contribution in [3.63, 3.8) is 0 Å². The summed E-state index contributed by atoms with van der Waals surface area (Å²) in [5.74, 6) is -0.439. The summed E-state index contributed by atoms with van der Waals surface area (Å²) in [6.07, 6.45) is 2.77. The van der Waals surface area contributed by atoms with Crippen LogP contribution in [0.5, 0.6) is 0 Å². The van der Waals surface area contributed by atoms with Crippen molar-refractivity contribution in [3.05, 3.63) is 30.1 Å². The molecule has 5 heteroatoms. The molecule has 2 heterocycles. The van der Waals surface area contributed by atoms with Crippen LogP contribution in [0.4, 0.5) is 0 Å². The highest BCUT2D eigenvalue weighted by Gasteiger charge is 2.18. The van der Waals surface area contributed by atoms with E-state index in [0.717, 1.165) is 31.7 Å². The van der Waals surface area contributed by atoms with Crippen molar-refractivity contribution >= 4 is 17.0 Å². The molecule has 1 atom stereocenters. The lowest BCUT2D eigenvalue weighted by atomic mass is 10.1. The molecule has 18 heavy (non-hydrogen) atoms. The first kappa shape index (κ1) is 11.2. The lowest BCUT2D eigenvalue weighted by Gasteiger charge is -2.09. The second-order valence-electron chi connectivity index (χ2n) is 4.61. The monoisotopic (exact) mass is 246 g/mol. The standard InChI is InChI=1S/C13H14N2O3/c16-13(17)10-2-1-3-11-12(10)14-8-15(11)6-9-4-5-18-7-9/h1-3,8-9H,4-7H2,(H,16,17). The number of nitrogens with zero attached hydrogens (tertiary/aromatic N) is 2. The quantitative estimate of drug-likeness (QED) is 0.896. The summed E-state index contributed by atoms with van der Waals surface area (Å²) in [5.41, 5.74) is 1.69. The Morgan fingerprint density at radius 1 is 1.56 bits per heavy atom. The summed E-state index contributed by atoms with van der Waals surface area (Å²) in [4.78, 5) is 15.3. The zero-order valence-corrected chi connectivity index (χ0v) is 9.87. The van der Waals surface area contributed by atoms with Gasteiger partial charge in [-0.05, 0) is 18.6 Å². The van der Waals surface area contributed by atoms with E-state index in [1.165, 1.54) is 0 Å². The fraction of sp³-hybridized carbons (Fsp3) is 0.385. The Balaban J connectivity index is 1.98. The Morgan fingerprint density at radius 3 is 3.17 bits per heavy atom. The fourth-order valence-corrected chi connectivity index (χ4v) is 2.41. The summed E-state index contributed by atoms with van der Waals surface area (Å²) < 4.78 is 7.37. The lowest BCUT2D eigenvalue weighted by Crippen LogP contribution is -2.09. The first-order chi connectivity index (χ1) is 8.75. The van der Waals surface area contributed by atoms with Gasteiger partial charge >= 0.3 is 5.97 Å². The Hall–Kier alpha value is -1.88. The zero-order chi connectivity index (χ0) is 12.5. The third-order valence-corrected chi connectivity index (χ3v) is 3.36. The number of carboxylic acid groups (broad SMARTS) is 1. The van der Waals surface area contributed by atoms with Crippen LogP contribution >= 0.6 is 0 Å². The predicted octanol–water partition coefficient (Wildman–Crippen LogP) is 1.77. The number of hydrogen-bond donors (Lipinski definition) is 1. The topological polar surface area (TPSA) is 64.3 Å². The molecule has 1 aliphatic rings. The van der Waals surface area contributed by atoms with Crippen LogP contribution in [0.25, 0.3) is 11.0 Å². The van der Waals surface area contributed by atoms with Crippen LogP contribution in [0.1, 0.15) is 16.8 Å². The Bertz CT molecular complexity index is 585. The van der Waals surface area contributed by atoms with Crippen LogP contribution in [0, 0.1) is 5.92 Å². The molecule has 1 aliphatic heterocycles. The van der Waals surface area contributed by atoms with Gasteiger partial charge in [-0.1, -0.05) is 6.07 Å². The van der Waals surface area contributed by atoms with Gasteiger partial charge in [0, 0.05) is 19.1 Å². The van der Waals surface area contributed by atoms with E-state index in [4.69, 9.17) is 9.84 Å². The molecule has 0 radical (unpaired) electrons. The molecule has 1 aromatic heterocycles. The molecule has 1 fully saturated rings. The van der Waals surface area contributed by atoms with Crippen LogP contribution in [0.2, 0.25) is 0 Å². The maximum atomic E-state index is 11.1. The average Bonchev–Trinajstić information content (AvgIpc) is 2.99. The van der Waals surface area contributed by atoms with Gasteiger partial charge in [-0.3, -0.25) is 0 Å². The van der Waals surface area contributed by atoms with E-state index in [2.05, 4.69) is 4.98 Å². The van der Waals surface area contributed by atoms with Crippen LogP contribution in [-0.4, -0.2) is 33.8 Å². The lowest BCUT2D eigenvalue weighted by molar-refractivity contribution is 0.0699. The van der Waals surface area contributed by atoms with E-state index in [1.807, 2.05) is 10.6 Å². The van der Waals surface area contributed by atoms with Crippen molar-refractivity contribution in [3.8, 4) is 0 Å². The van der Waals surface area contributed by atoms with E-state index >= 15 is 0 Å². The molecule has 1 aromatic carbocycles. The van der Waals surface area contributed by atoms with Crippen molar-refractivity contribution in [1.29, 1.82) is 0 Å². The van der Waals surface area contributed by atoms with Crippen LogP contribution in [0.15, 0.2) is 24.5 Å². The maximum absolute atomic E-state index is 11.1. The largest absolute Gasteiger partial charge is 0.478 e. The van der Waals surface area contributed by atoms with E-state index in [9.17, 15) is 4.79 Å². The highest BCUT2D eigenvalue weighted by Crippen LogP contribution is 2.21. The molecule has 0 aliphatic carbocycles. The Morgan fingerprint density at radius 2 is 2.44 bits per heavy atom. The number of ether oxygens (including phenoxy) is 1. The minimum absolute atomic E-state index is 0.258. The molecule has 0 spiro atoms. The summed E-state index contributed by atoms with van der Waals surface area (Å²) in [6.45, 7) is 2.43. The first-order valence-corrected chi connectivity index (χ1v) is 6.00. The van der Waals surface area contributed by atoms with Crippen molar-refractivity contribution < 1.29 is 14.6 Å². The molecule has 5 nitrogen and oxygen atoms in total. The van der Waals surface area contributed by atoms with Crippen molar-refractivity contribution in [2.75, 3.05) is 13.2 Å². The smallest absolute Gasteiger partial charge is 0.337 e. The van der Waals surface area contributed by atoms with E-state index in [-0.39, 0.29) is 5.56 Å². The Kier molecular flexibility index (Phi) is 2.76. The predicted molar refractivity (Wildman–Crippen MR) is 65.6 cm³/mol. The SMILES string of the molecule is O=C(O)c1cccc2c1ncn2CC1CCOC1.